The van der Waals surface area contributed by atoms with Crippen LogP contribution in [0, 0.1) is 0 Å². The number of halogens is 1. The molecule has 0 amide bonds. The number of nitrogens with zero attached hydrogens (tertiary/aromatic N) is 4. The molecule has 1 fully saturated rings. The van der Waals surface area contributed by atoms with Gasteiger partial charge in [-0.25, -0.2) is 4.98 Å². The molecule has 1 saturated heterocycles. The molecule has 0 saturated carbocycles. The van der Waals surface area contributed by atoms with Crippen LogP contribution in [0.15, 0.2) is 66.7 Å². The van der Waals surface area contributed by atoms with Crippen LogP contribution in [0.2, 0.25) is 5.02 Å². The van der Waals surface area contributed by atoms with Crippen LogP contribution < -0.4 is 4.90 Å². The molecule has 5 nitrogen and oxygen atoms in total. The summed E-state index contributed by atoms with van der Waals surface area (Å²) < 4.78 is 1.90. The molecule has 1 aliphatic heterocycles. The SMILES string of the molecule is OC1CCN(c2cc(-c3ccccc3)nc3cc(-c4cccc(Cl)c4)nn23)CC1. The van der Waals surface area contributed by atoms with Gasteiger partial charge in [-0.3, -0.25) is 0 Å². The summed E-state index contributed by atoms with van der Waals surface area (Å²) in [7, 11) is 0. The molecular formula is C23H21ClN4O. The Morgan fingerprint density at radius 3 is 2.38 bits per heavy atom. The Bertz CT molecular complexity index is 1150. The number of fused-ring (bicyclic) bond motifs is 1. The molecule has 1 aliphatic rings. The molecule has 0 unspecified atom stereocenters. The second-order valence-electron chi connectivity index (χ2n) is 7.39. The van der Waals surface area contributed by atoms with E-state index in [1.807, 2.05) is 53.0 Å². The van der Waals surface area contributed by atoms with Crippen molar-refractivity contribution in [1.82, 2.24) is 14.6 Å². The fourth-order valence-corrected chi connectivity index (χ4v) is 4.01. The minimum atomic E-state index is -0.225. The standard InChI is InChI=1S/C23H21ClN4O/c24-18-8-4-7-17(13-18)21-14-22-25-20(16-5-2-1-3-6-16)15-23(28(22)26-21)27-11-9-19(29)10-12-27/h1-8,13-15,19,29H,9-12H2. The molecule has 6 heteroatoms. The van der Waals surface area contributed by atoms with Gasteiger partial charge in [-0.1, -0.05) is 54.1 Å². The molecule has 29 heavy (non-hydrogen) atoms. The zero-order valence-corrected chi connectivity index (χ0v) is 16.6. The number of anilines is 1. The van der Waals surface area contributed by atoms with Crippen molar-refractivity contribution in [1.29, 1.82) is 0 Å². The van der Waals surface area contributed by atoms with Crippen molar-refractivity contribution in [3.63, 3.8) is 0 Å². The minimum Gasteiger partial charge on any atom is -0.393 e. The topological polar surface area (TPSA) is 53.7 Å². The fraction of sp³-hybridized carbons (Fsp3) is 0.217. The third-order valence-corrected chi connectivity index (χ3v) is 5.62. The average molecular weight is 405 g/mol. The van der Waals surface area contributed by atoms with E-state index in [2.05, 4.69) is 23.1 Å². The summed E-state index contributed by atoms with van der Waals surface area (Å²) in [5.41, 5.74) is 4.57. The number of piperidine rings is 1. The lowest BCUT2D eigenvalue weighted by Gasteiger charge is -2.31. The molecule has 0 atom stereocenters. The Labute approximate surface area is 174 Å². The van der Waals surface area contributed by atoms with Gasteiger partial charge in [-0.15, -0.1) is 0 Å². The highest BCUT2D eigenvalue weighted by molar-refractivity contribution is 6.30. The van der Waals surface area contributed by atoms with E-state index in [0.717, 1.165) is 59.9 Å². The van der Waals surface area contributed by atoms with Gasteiger partial charge >= 0.3 is 0 Å². The molecular weight excluding hydrogens is 384 g/mol. The van der Waals surface area contributed by atoms with Crippen molar-refractivity contribution >= 4 is 23.1 Å². The molecule has 2 aromatic carbocycles. The first-order chi connectivity index (χ1) is 14.2. The van der Waals surface area contributed by atoms with Gasteiger partial charge in [-0.2, -0.15) is 9.61 Å². The Balaban J connectivity index is 1.67. The first kappa shape index (κ1) is 18.2. The van der Waals surface area contributed by atoms with E-state index in [1.165, 1.54) is 0 Å². The van der Waals surface area contributed by atoms with Gasteiger partial charge in [0.2, 0.25) is 0 Å². The van der Waals surface area contributed by atoms with E-state index < -0.39 is 0 Å². The molecule has 4 aromatic rings. The minimum absolute atomic E-state index is 0.225. The summed E-state index contributed by atoms with van der Waals surface area (Å²) in [6.45, 7) is 1.59. The number of benzene rings is 2. The predicted molar refractivity (Wildman–Crippen MR) is 116 cm³/mol. The summed E-state index contributed by atoms with van der Waals surface area (Å²) in [5.74, 6) is 0.994. The van der Waals surface area contributed by atoms with Crippen molar-refractivity contribution in [2.24, 2.45) is 0 Å². The highest BCUT2D eigenvalue weighted by Crippen LogP contribution is 2.29. The molecule has 146 valence electrons. The lowest BCUT2D eigenvalue weighted by Crippen LogP contribution is -2.37. The number of hydrogen-bond acceptors (Lipinski definition) is 4. The molecule has 0 aliphatic carbocycles. The van der Waals surface area contributed by atoms with Crippen LogP contribution in [0.5, 0.6) is 0 Å². The normalized spacial score (nSPS) is 15.2. The zero-order chi connectivity index (χ0) is 19.8. The van der Waals surface area contributed by atoms with Crippen LogP contribution in [0.1, 0.15) is 12.8 Å². The van der Waals surface area contributed by atoms with Gasteiger partial charge in [0, 0.05) is 41.4 Å². The van der Waals surface area contributed by atoms with E-state index in [0.29, 0.717) is 5.02 Å². The highest BCUT2D eigenvalue weighted by atomic mass is 35.5. The van der Waals surface area contributed by atoms with E-state index in [9.17, 15) is 5.11 Å². The Morgan fingerprint density at radius 2 is 1.62 bits per heavy atom. The number of rotatable bonds is 3. The van der Waals surface area contributed by atoms with E-state index in [-0.39, 0.29) is 6.10 Å². The summed E-state index contributed by atoms with van der Waals surface area (Å²) in [4.78, 5) is 7.16. The fourth-order valence-electron chi connectivity index (χ4n) is 3.82. The van der Waals surface area contributed by atoms with Gasteiger partial charge in [0.1, 0.15) is 5.82 Å². The Morgan fingerprint density at radius 1 is 0.862 bits per heavy atom. The van der Waals surface area contributed by atoms with Crippen LogP contribution in [0.25, 0.3) is 28.2 Å². The third kappa shape index (κ3) is 3.59. The number of aromatic nitrogens is 3. The smallest absolute Gasteiger partial charge is 0.158 e. The van der Waals surface area contributed by atoms with Crippen LogP contribution in [0.4, 0.5) is 5.82 Å². The summed E-state index contributed by atoms with van der Waals surface area (Å²) >= 11 is 6.18. The van der Waals surface area contributed by atoms with Gasteiger partial charge in [0.15, 0.2) is 5.65 Å². The largest absolute Gasteiger partial charge is 0.393 e. The van der Waals surface area contributed by atoms with Crippen LogP contribution in [-0.4, -0.2) is 38.9 Å². The average Bonchev–Trinajstić information content (AvgIpc) is 3.19. The quantitative estimate of drug-likeness (QED) is 0.538. The van der Waals surface area contributed by atoms with E-state index in [4.69, 9.17) is 21.7 Å². The summed E-state index contributed by atoms with van der Waals surface area (Å²) in [6.07, 6.45) is 1.29. The molecule has 1 N–H and O–H groups in total. The summed E-state index contributed by atoms with van der Waals surface area (Å²) in [5, 5.41) is 15.5. The van der Waals surface area contributed by atoms with Crippen molar-refractivity contribution < 1.29 is 5.11 Å². The second-order valence-corrected chi connectivity index (χ2v) is 7.83. The maximum atomic E-state index is 9.92. The van der Waals surface area contributed by atoms with Gasteiger partial charge in [0.25, 0.3) is 0 Å². The van der Waals surface area contributed by atoms with Gasteiger partial charge < -0.3 is 10.0 Å². The molecule has 5 rings (SSSR count). The number of hydrogen-bond donors (Lipinski definition) is 1. The molecule has 2 aromatic heterocycles. The van der Waals surface area contributed by atoms with Crippen molar-refractivity contribution in [2.75, 3.05) is 18.0 Å². The molecule has 0 bridgehead atoms. The predicted octanol–water partition coefficient (Wildman–Crippen LogP) is 4.68. The van der Waals surface area contributed by atoms with Crippen molar-refractivity contribution in [3.05, 3.63) is 71.8 Å². The summed E-state index contributed by atoms with van der Waals surface area (Å²) in [6, 6.07) is 22.0. The molecule has 0 spiro atoms. The van der Waals surface area contributed by atoms with Crippen LogP contribution in [-0.2, 0) is 0 Å². The lowest BCUT2D eigenvalue weighted by molar-refractivity contribution is 0.145. The van der Waals surface area contributed by atoms with Crippen molar-refractivity contribution in [3.8, 4) is 22.5 Å². The monoisotopic (exact) mass is 404 g/mol. The Kier molecular flexibility index (Phi) is 4.70. The molecule has 0 radical (unpaired) electrons. The Hall–Kier alpha value is -2.89. The number of aliphatic hydroxyl groups is 1. The second kappa shape index (κ2) is 7.50. The van der Waals surface area contributed by atoms with E-state index in [1.54, 1.807) is 0 Å². The lowest BCUT2D eigenvalue weighted by atomic mass is 10.1. The first-order valence-electron chi connectivity index (χ1n) is 9.82. The maximum absolute atomic E-state index is 9.92. The highest BCUT2D eigenvalue weighted by Gasteiger charge is 2.21. The third-order valence-electron chi connectivity index (χ3n) is 5.39. The van der Waals surface area contributed by atoms with E-state index >= 15 is 0 Å². The van der Waals surface area contributed by atoms with Crippen LogP contribution in [0.3, 0.4) is 0 Å². The molecule has 3 heterocycles. The van der Waals surface area contributed by atoms with Gasteiger partial charge in [-0.05, 0) is 25.0 Å². The zero-order valence-electron chi connectivity index (χ0n) is 15.9. The van der Waals surface area contributed by atoms with Gasteiger partial charge in [0.05, 0.1) is 17.5 Å². The van der Waals surface area contributed by atoms with Crippen LogP contribution >= 0.6 is 11.6 Å². The van der Waals surface area contributed by atoms with Crippen molar-refractivity contribution in [2.45, 2.75) is 18.9 Å². The maximum Gasteiger partial charge on any atom is 0.158 e. The number of aliphatic hydroxyl groups excluding tert-OH is 1. The first-order valence-corrected chi connectivity index (χ1v) is 10.2.